The van der Waals surface area contributed by atoms with Gasteiger partial charge in [-0.3, -0.25) is 9.69 Å². The molecule has 0 unspecified atom stereocenters. The lowest BCUT2D eigenvalue weighted by Crippen LogP contribution is -2.37. The normalized spacial score (nSPS) is 15.2. The number of ether oxygens (including phenoxy) is 1. The standard InChI is InChI=1S/C22H24ClFN2O2/c1-2-12-28-20-5-3-4-19(14-20)25-22(27)16-8-10-26(11-9-16)15-17-6-7-18(23)13-21(17)24/h2-7,13-14,16H,1,8-12,15H2,(H,25,27). The van der Waals surface area contributed by atoms with Crippen LogP contribution in [0.3, 0.4) is 0 Å². The minimum Gasteiger partial charge on any atom is -0.489 e. The second kappa shape index (κ2) is 9.71. The van der Waals surface area contributed by atoms with Crippen LogP contribution >= 0.6 is 11.6 Å². The zero-order chi connectivity index (χ0) is 19.9. The van der Waals surface area contributed by atoms with Crippen LogP contribution < -0.4 is 10.1 Å². The summed E-state index contributed by atoms with van der Waals surface area (Å²) in [6.45, 7) is 6.08. The molecule has 0 aliphatic carbocycles. The number of benzene rings is 2. The summed E-state index contributed by atoms with van der Waals surface area (Å²) in [6.07, 6.45) is 3.16. The van der Waals surface area contributed by atoms with Crippen LogP contribution in [0.2, 0.25) is 5.02 Å². The van der Waals surface area contributed by atoms with Crippen LogP contribution in [0.25, 0.3) is 0 Å². The van der Waals surface area contributed by atoms with Crippen molar-refractivity contribution in [2.24, 2.45) is 5.92 Å². The fraction of sp³-hybridized carbons (Fsp3) is 0.318. The van der Waals surface area contributed by atoms with Crippen molar-refractivity contribution in [3.63, 3.8) is 0 Å². The lowest BCUT2D eigenvalue weighted by molar-refractivity contribution is -0.121. The zero-order valence-corrected chi connectivity index (χ0v) is 16.4. The smallest absolute Gasteiger partial charge is 0.227 e. The molecule has 28 heavy (non-hydrogen) atoms. The molecule has 0 aromatic heterocycles. The highest BCUT2D eigenvalue weighted by atomic mass is 35.5. The molecule has 1 amide bonds. The third-order valence-electron chi connectivity index (χ3n) is 4.84. The van der Waals surface area contributed by atoms with E-state index in [1.165, 1.54) is 6.07 Å². The van der Waals surface area contributed by atoms with E-state index in [2.05, 4.69) is 16.8 Å². The fourth-order valence-corrected chi connectivity index (χ4v) is 3.47. The molecular weight excluding hydrogens is 379 g/mol. The SMILES string of the molecule is C=CCOc1cccc(NC(=O)C2CCN(Cc3ccc(Cl)cc3F)CC2)c1. The number of nitrogens with one attached hydrogen (secondary N) is 1. The highest BCUT2D eigenvalue weighted by molar-refractivity contribution is 6.30. The van der Waals surface area contributed by atoms with Crippen molar-refractivity contribution in [2.45, 2.75) is 19.4 Å². The maximum absolute atomic E-state index is 14.0. The van der Waals surface area contributed by atoms with Gasteiger partial charge in [-0.1, -0.05) is 36.4 Å². The van der Waals surface area contributed by atoms with E-state index in [0.29, 0.717) is 29.5 Å². The van der Waals surface area contributed by atoms with E-state index in [1.54, 1.807) is 24.3 Å². The van der Waals surface area contributed by atoms with Crippen LogP contribution in [0.15, 0.2) is 55.1 Å². The van der Waals surface area contributed by atoms with E-state index in [-0.39, 0.29) is 17.6 Å². The van der Waals surface area contributed by atoms with Crippen LogP contribution in [-0.2, 0) is 11.3 Å². The topological polar surface area (TPSA) is 41.6 Å². The van der Waals surface area contributed by atoms with Crippen LogP contribution in [0.1, 0.15) is 18.4 Å². The van der Waals surface area contributed by atoms with Crippen molar-refractivity contribution in [1.29, 1.82) is 0 Å². The molecule has 0 saturated carbocycles. The van der Waals surface area contributed by atoms with Gasteiger partial charge in [-0.05, 0) is 50.2 Å². The first-order valence-electron chi connectivity index (χ1n) is 9.36. The molecule has 2 aromatic carbocycles. The van der Waals surface area contributed by atoms with Gasteiger partial charge in [0.15, 0.2) is 0 Å². The number of rotatable bonds is 7. The quantitative estimate of drug-likeness (QED) is 0.670. The van der Waals surface area contributed by atoms with Gasteiger partial charge in [0, 0.05) is 34.8 Å². The number of likely N-dealkylation sites (tertiary alicyclic amines) is 1. The number of hydrogen-bond acceptors (Lipinski definition) is 3. The largest absolute Gasteiger partial charge is 0.489 e. The number of nitrogens with zero attached hydrogens (tertiary/aromatic N) is 1. The Kier molecular flexibility index (Phi) is 7.06. The number of carbonyl (C=O) groups excluding carboxylic acids is 1. The van der Waals surface area contributed by atoms with E-state index < -0.39 is 0 Å². The highest BCUT2D eigenvalue weighted by Crippen LogP contribution is 2.24. The lowest BCUT2D eigenvalue weighted by atomic mass is 9.95. The summed E-state index contributed by atoms with van der Waals surface area (Å²) >= 11 is 5.80. The summed E-state index contributed by atoms with van der Waals surface area (Å²) in [5.74, 6) is 0.366. The summed E-state index contributed by atoms with van der Waals surface area (Å²) in [6, 6.07) is 12.1. The molecule has 1 aliphatic heterocycles. The summed E-state index contributed by atoms with van der Waals surface area (Å²) in [4.78, 5) is 14.8. The van der Waals surface area contributed by atoms with Gasteiger partial charge in [0.1, 0.15) is 18.2 Å². The molecule has 0 radical (unpaired) electrons. The molecular formula is C22H24ClFN2O2. The first-order valence-corrected chi connectivity index (χ1v) is 9.74. The Balaban J connectivity index is 1.50. The van der Waals surface area contributed by atoms with Gasteiger partial charge in [0.25, 0.3) is 0 Å². The summed E-state index contributed by atoms with van der Waals surface area (Å²) in [5.41, 5.74) is 1.35. The molecule has 1 fully saturated rings. The van der Waals surface area contributed by atoms with Crippen LogP contribution in [0.5, 0.6) is 5.75 Å². The third-order valence-corrected chi connectivity index (χ3v) is 5.07. The summed E-state index contributed by atoms with van der Waals surface area (Å²) < 4.78 is 19.5. The highest BCUT2D eigenvalue weighted by Gasteiger charge is 2.25. The fourth-order valence-electron chi connectivity index (χ4n) is 3.31. The van der Waals surface area contributed by atoms with E-state index >= 15 is 0 Å². The minimum atomic E-state index is -0.286. The van der Waals surface area contributed by atoms with Gasteiger partial charge in [0.05, 0.1) is 0 Å². The van der Waals surface area contributed by atoms with E-state index in [0.717, 1.165) is 31.6 Å². The lowest BCUT2D eigenvalue weighted by Gasteiger charge is -2.31. The Morgan fingerprint density at radius 1 is 1.29 bits per heavy atom. The van der Waals surface area contributed by atoms with Crippen molar-refractivity contribution in [2.75, 3.05) is 25.0 Å². The zero-order valence-electron chi connectivity index (χ0n) is 15.7. The van der Waals surface area contributed by atoms with Crippen molar-refractivity contribution >= 4 is 23.2 Å². The molecule has 3 rings (SSSR count). The second-order valence-corrected chi connectivity index (χ2v) is 7.34. The van der Waals surface area contributed by atoms with Crippen LogP contribution in [0.4, 0.5) is 10.1 Å². The van der Waals surface area contributed by atoms with Crippen LogP contribution in [0, 0.1) is 11.7 Å². The van der Waals surface area contributed by atoms with E-state index in [9.17, 15) is 9.18 Å². The Labute approximate surface area is 169 Å². The molecule has 6 heteroatoms. The Morgan fingerprint density at radius 2 is 2.07 bits per heavy atom. The summed E-state index contributed by atoms with van der Waals surface area (Å²) in [7, 11) is 0. The molecule has 2 aromatic rings. The summed E-state index contributed by atoms with van der Waals surface area (Å²) in [5, 5.41) is 3.37. The number of anilines is 1. The van der Waals surface area contributed by atoms with Crippen molar-refractivity contribution in [3.8, 4) is 5.75 Å². The number of hydrogen-bond donors (Lipinski definition) is 1. The van der Waals surface area contributed by atoms with Crippen molar-refractivity contribution < 1.29 is 13.9 Å². The molecule has 1 heterocycles. The van der Waals surface area contributed by atoms with E-state index in [4.69, 9.17) is 16.3 Å². The molecule has 148 valence electrons. The second-order valence-electron chi connectivity index (χ2n) is 6.90. The minimum absolute atomic E-state index is 0.0122. The number of amides is 1. The maximum Gasteiger partial charge on any atom is 0.227 e. The van der Waals surface area contributed by atoms with Gasteiger partial charge in [0.2, 0.25) is 5.91 Å². The van der Waals surface area contributed by atoms with Gasteiger partial charge >= 0.3 is 0 Å². The average molecular weight is 403 g/mol. The van der Waals surface area contributed by atoms with Gasteiger partial charge in [-0.2, -0.15) is 0 Å². The van der Waals surface area contributed by atoms with Crippen molar-refractivity contribution in [1.82, 2.24) is 4.90 Å². The predicted molar refractivity (Wildman–Crippen MR) is 110 cm³/mol. The average Bonchev–Trinajstić information content (AvgIpc) is 2.69. The van der Waals surface area contributed by atoms with Gasteiger partial charge in [-0.15, -0.1) is 0 Å². The molecule has 0 atom stereocenters. The molecule has 0 bridgehead atoms. The first-order chi connectivity index (χ1) is 13.5. The molecule has 1 aliphatic rings. The molecule has 1 saturated heterocycles. The Hall–Kier alpha value is -2.37. The van der Waals surface area contributed by atoms with Crippen molar-refractivity contribution in [3.05, 3.63) is 71.5 Å². The van der Waals surface area contributed by atoms with Crippen LogP contribution in [-0.4, -0.2) is 30.5 Å². The number of halogens is 2. The number of carbonyl (C=O) groups is 1. The molecule has 0 spiro atoms. The number of piperidine rings is 1. The third kappa shape index (κ3) is 5.57. The van der Waals surface area contributed by atoms with Gasteiger partial charge < -0.3 is 10.1 Å². The van der Waals surface area contributed by atoms with E-state index in [1.807, 2.05) is 18.2 Å². The molecule has 4 nitrogen and oxygen atoms in total. The Bertz CT molecular complexity index is 835. The Morgan fingerprint density at radius 3 is 2.79 bits per heavy atom. The molecule has 1 N–H and O–H groups in total. The first kappa shape index (κ1) is 20.4. The predicted octanol–water partition coefficient (Wildman–Crippen LogP) is 4.89. The maximum atomic E-state index is 14.0. The van der Waals surface area contributed by atoms with Gasteiger partial charge in [-0.25, -0.2) is 4.39 Å². The monoisotopic (exact) mass is 402 g/mol.